The molecule has 170 valence electrons. The summed E-state index contributed by atoms with van der Waals surface area (Å²) in [6.07, 6.45) is 0. The van der Waals surface area contributed by atoms with E-state index in [9.17, 15) is 13.2 Å². The molecule has 2 heterocycles. The van der Waals surface area contributed by atoms with Gasteiger partial charge in [0.05, 0.1) is 5.69 Å². The minimum Gasteiger partial charge on any atom is -0.451 e. The summed E-state index contributed by atoms with van der Waals surface area (Å²) in [4.78, 5) is 13.0. The van der Waals surface area contributed by atoms with E-state index in [1.54, 1.807) is 36.6 Å². The van der Waals surface area contributed by atoms with Crippen LogP contribution in [0.2, 0.25) is 0 Å². The van der Waals surface area contributed by atoms with E-state index in [1.807, 2.05) is 54.6 Å². The van der Waals surface area contributed by atoms with Crippen molar-refractivity contribution in [1.82, 2.24) is 0 Å². The van der Waals surface area contributed by atoms with Crippen LogP contribution in [0.25, 0.3) is 22.1 Å². The summed E-state index contributed by atoms with van der Waals surface area (Å²) in [5, 5.41) is 5.11. The monoisotopic (exact) mass is 488 g/mol. The van der Waals surface area contributed by atoms with E-state index in [0.717, 1.165) is 22.5 Å². The number of thiophene rings is 1. The fraction of sp³-hybridized carbons (Fsp3) is 0.0385. The van der Waals surface area contributed by atoms with Gasteiger partial charge in [0.2, 0.25) is 0 Å². The van der Waals surface area contributed by atoms with E-state index in [1.165, 1.54) is 6.07 Å². The Kier molecular flexibility index (Phi) is 5.69. The van der Waals surface area contributed by atoms with Crippen molar-refractivity contribution in [2.45, 2.75) is 11.1 Å². The highest BCUT2D eigenvalue weighted by atomic mass is 32.2. The molecule has 8 heteroatoms. The molecule has 1 amide bonds. The standard InChI is InChI=1S/C26H20N2O4S2/c1-17-24-21(28-34(30,31)23-11-6-16-33-23)9-5-10-22(24)32-25(17)26(29)27-20-14-12-19(13-15-20)18-7-3-2-4-8-18/h2-16,28H,1H3,(H,27,29). The van der Waals surface area contributed by atoms with Gasteiger partial charge in [0.25, 0.3) is 15.9 Å². The van der Waals surface area contributed by atoms with E-state index < -0.39 is 15.9 Å². The SMILES string of the molecule is Cc1c(C(=O)Nc2ccc(-c3ccccc3)cc2)oc2cccc(NS(=O)(=O)c3cccs3)c12. The summed E-state index contributed by atoms with van der Waals surface area (Å²) in [5.41, 5.74) is 4.10. The van der Waals surface area contributed by atoms with Gasteiger partial charge in [-0.05, 0) is 53.8 Å². The molecule has 6 nitrogen and oxygen atoms in total. The first-order chi connectivity index (χ1) is 16.4. The number of nitrogens with one attached hydrogen (secondary N) is 2. The van der Waals surface area contributed by atoms with Crippen LogP contribution in [0.3, 0.4) is 0 Å². The highest BCUT2D eigenvalue weighted by molar-refractivity contribution is 7.94. The quantitative estimate of drug-likeness (QED) is 0.285. The predicted octanol–water partition coefficient (Wildman–Crippen LogP) is 6.52. The second-order valence-corrected chi connectivity index (χ2v) is 10.5. The molecular formula is C26H20N2O4S2. The number of amides is 1. The Hall–Kier alpha value is -3.88. The molecule has 0 aliphatic carbocycles. The number of benzene rings is 3. The highest BCUT2D eigenvalue weighted by Crippen LogP contribution is 2.34. The number of hydrogen-bond acceptors (Lipinski definition) is 5. The fourth-order valence-corrected chi connectivity index (χ4v) is 5.85. The van der Waals surface area contributed by atoms with E-state index in [-0.39, 0.29) is 9.97 Å². The van der Waals surface area contributed by atoms with E-state index >= 15 is 0 Å². The maximum Gasteiger partial charge on any atom is 0.291 e. The Labute approximate surface area is 200 Å². The molecule has 0 unspecified atom stereocenters. The minimum atomic E-state index is -3.74. The van der Waals surface area contributed by atoms with Gasteiger partial charge in [-0.2, -0.15) is 0 Å². The number of furan rings is 1. The van der Waals surface area contributed by atoms with Crippen molar-refractivity contribution in [2.75, 3.05) is 10.0 Å². The van der Waals surface area contributed by atoms with Gasteiger partial charge in [0.1, 0.15) is 9.79 Å². The average molecular weight is 489 g/mol. The van der Waals surface area contributed by atoms with Crippen molar-refractivity contribution in [2.24, 2.45) is 0 Å². The molecule has 3 aromatic carbocycles. The van der Waals surface area contributed by atoms with Crippen molar-refractivity contribution in [1.29, 1.82) is 0 Å². The number of rotatable bonds is 6. The van der Waals surface area contributed by atoms with Crippen LogP contribution in [0.15, 0.2) is 98.9 Å². The Morgan fingerprint density at radius 3 is 2.29 bits per heavy atom. The van der Waals surface area contributed by atoms with Gasteiger partial charge in [-0.25, -0.2) is 8.42 Å². The number of sulfonamides is 1. The zero-order valence-corrected chi connectivity index (χ0v) is 19.7. The molecule has 0 bridgehead atoms. The molecule has 34 heavy (non-hydrogen) atoms. The largest absolute Gasteiger partial charge is 0.451 e. The lowest BCUT2D eigenvalue weighted by molar-refractivity contribution is 0.0998. The lowest BCUT2D eigenvalue weighted by Gasteiger charge is -2.08. The van der Waals surface area contributed by atoms with Gasteiger partial charge < -0.3 is 9.73 Å². The van der Waals surface area contributed by atoms with E-state index in [0.29, 0.717) is 27.9 Å². The molecule has 5 aromatic rings. The number of aryl methyl sites for hydroxylation is 1. The molecule has 2 N–H and O–H groups in total. The van der Waals surface area contributed by atoms with Crippen molar-refractivity contribution in [3.05, 3.63) is 102 Å². The minimum absolute atomic E-state index is 0.130. The zero-order valence-electron chi connectivity index (χ0n) is 18.1. The third-order valence-corrected chi connectivity index (χ3v) is 8.18. The Bertz CT molecular complexity index is 1570. The first-order valence-corrected chi connectivity index (χ1v) is 12.8. The molecule has 5 rings (SSSR count). The van der Waals surface area contributed by atoms with Crippen molar-refractivity contribution >= 4 is 49.6 Å². The number of carbonyl (C=O) groups excluding carboxylic acids is 1. The van der Waals surface area contributed by atoms with Crippen LogP contribution in [-0.4, -0.2) is 14.3 Å². The van der Waals surface area contributed by atoms with Crippen LogP contribution in [-0.2, 0) is 10.0 Å². The maximum absolute atomic E-state index is 13.0. The van der Waals surface area contributed by atoms with Crippen LogP contribution in [0.4, 0.5) is 11.4 Å². The molecule has 0 fully saturated rings. The number of carbonyl (C=O) groups is 1. The molecule has 0 atom stereocenters. The van der Waals surface area contributed by atoms with E-state index in [2.05, 4.69) is 10.0 Å². The molecule has 0 aliphatic rings. The van der Waals surface area contributed by atoms with Crippen LogP contribution in [0, 0.1) is 6.92 Å². The number of fused-ring (bicyclic) bond motifs is 1. The van der Waals surface area contributed by atoms with Gasteiger partial charge in [0.15, 0.2) is 5.76 Å². The summed E-state index contributed by atoms with van der Waals surface area (Å²) in [7, 11) is -3.74. The first-order valence-electron chi connectivity index (χ1n) is 10.5. The summed E-state index contributed by atoms with van der Waals surface area (Å²) in [6.45, 7) is 1.74. The van der Waals surface area contributed by atoms with Crippen LogP contribution in [0.1, 0.15) is 16.1 Å². The Morgan fingerprint density at radius 1 is 0.853 bits per heavy atom. The Morgan fingerprint density at radius 2 is 1.59 bits per heavy atom. The zero-order chi connectivity index (χ0) is 23.7. The van der Waals surface area contributed by atoms with Crippen molar-refractivity contribution in [3.8, 4) is 11.1 Å². The molecule has 0 spiro atoms. The van der Waals surface area contributed by atoms with Gasteiger partial charge in [0, 0.05) is 16.6 Å². The van der Waals surface area contributed by atoms with Crippen LogP contribution < -0.4 is 10.0 Å². The third-order valence-electron chi connectivity index (χ3n) is 5.41. The average Bonchev–Trinajstić information content (AvgIpc) is 3.50. The molecule has 0 radical (unpaired) electrons. The summed E-state index contributed by atoms with van der Waals surface area (Å²) in [6, 6.07) is 25.8. The smallest absolute Gasteiger partial charge is 0.291 e. The van der Waals surface area contributed by atoms with Crippen molar-refractivity contribution < 1.29 is 17.6 Å². The van der Waals surface area contributed by atoms with Crippen LogP contribution in [0.5, 0.6) is 0 Å². The summed E-state index contributed by atoms with van der Waals surface area (Å²) >= 11 is 1.13. The van der Waals surface area contributed by atoms with Gasteiger partial charge in [-0.15, -0.1) is 11.3 Å². The van der Waals surface area contributed by atoms with Gasteiger partial charge >= 0.3 is 0 Å². The fourth-order valence-electron chi connectivity index (χ4n) is 3.78. The number of hydrogen-bond donors (Lipinski definition) is 2. The molecule has 2 aromatic heterocycles. The lowest BCUT2D eigenvalue weighted by Crippen LogP contribution is -2.13. The predicted molar refractivity (Wildman–Crippen MR) is 136 cm³/mol. The Balaban J connectivity index is 1.41. The normalized spacial score (nSPS) is 11.4. The number of anilines is 2. The van der Waals surface area contributed by atoms with Gasteiger partial charge in [-0.3, -0.25) is 9.52 Å². The lowest BCUT2D eigenvalue weighted by atomic mass is 10.1. The van der Waals surface area contributed by atoms with Crippen molar-refractivity contribution in [3.63, 3.8) is 0 Å². The molecular weight excluding hydrogens is 468 g/mol. The molecule has 0 saturated heterocycles. The summed E-state index contributed by atoms with van der Waals surface area (Å²) in [5.74, 6) is -0.280. The summed E-state index contributed by atoms with van der Waals surface area (Å²) < 4.78 is 34.1. The maximum atomic E-state index is 13.0. The molecule has 0 aliphatic heterocycles. The second-order valence-electron chi connectivity index (χ2n) is 7.67. The van der Waals surface area contributed by atoms with Gasteiger partial charge in [-0.1, -0.05) is 54.6 Å². The second kappa shape index (κ2) is 8.81. The topological polar surface area (TPSA) is 88.4 Å². The third kappa shape index (κ3) is 4.21. The first kappa shape index (κ1) is 21.9. The van der Waals surface area contributed by atoms with E-state index in [4.69, 9.17) is 4.42 Å². The van der Waals surface area contributed by atoms with Crippen LogP contribution >= 0.6 is 11.3 Å². The highest BCUT2D eigenvalue weighted by Gasteiger charge is 2.23. The molecule has 0 saturated carbocycles.